The molecule has 0 N–H and O–H groups in total. The van der Waals surface area contributed by atoms with Crippen LogP contribution in [0.4, 0.5) is 0 Å². The van der Waals surface area contributed by atoms with Crippen LogP contribution >= 0.6 is 0 Å². The number of hydrogen-bond donors (Lipinski definition) is 0. The zero-order chi connectivity index (χ0) is 10.2. The standard InChI is InChI=1S/C12H20N2/c1-10(2)11-12(5-3-4-6-12)7-8-14(11)9-13/h10-11H,3-8H2,1-2H3. The molecule has 14 heavy (non-hydrogen) atoms. The number of rotatable bonds is 1. The Bertz CT molecular complexity index is 246. The summed E-state index contributed by atoms with van der Waals surface area (Å²) in [5.74, 6) is 0.621. The minimum atomic E-state index is 0.504. The lowest BCUT2D eigenvalue weighted by Gasteiger charge is -2.35. The molecule has 1 spiro atoms. The van der Waals surface area contributed by atoms with Gasteiger partial charge in [-0.3, -0.25) is 0 Å². The van der Waals surface area contributed by atoms with Gasteiger partial charge in [-0.1, -0.05) is 26.7 Å². The maximum atomic E-state index is 9.10. The lowest BCUT2D eigenvalue weighted by atomic mass is 9.74. The Morgan fingerprint density at radius 1 is 1.29 bits per heavy atom. The molecule has 1 heterocycles. The molecule has 2 rings (SSSR count). The van der Waals surface area contributed by atoms with Crippen LogP contribution in [0.5, 0.6) is 0 Å². The van der Waals surface area contributed by atoms with Crippen LogP contribution in [-0.2, 0) is 0 Å². The lowest BCUT2D eigenvalue weighted by Crippen LogP contribution is -2.40. The Balaban J connectivity index is 2.22. The van der Waals surface area contributed by atoms with Crippen molar-refractivity contribution in [3.05, 3.63) is 0 Å². The van der Waals surface area contributed by atoms with Crippen molar-refractivity contribution >= 4 is 0 Å². The van der Waals surface area contributed by atoms with Crippen molar-refractivity contribution < 1.29 is 0 Å². The van der Waals surface area contributed by atoms with Gasteiger partial charge in [-0.25, -0.2) is 0 Å². The largest absolute Gasteiger partial charge is 0.307 e. The molecule has 2 nitrogen and oxygen atoms in total. The molecular formula is C12H20N2. The van der Waals surface area contributed by atoms with Crippen molar-refractivity contribution in [3.8, 4) is 6.19 Å². The van der Waals surface area contributed by atoms with E-state index in [1.807, 2.05) is 4.90 Å². The second kappa shape index (κ2) is 3.46. The maximum Gasteiger partial charge on any atom is 0.179 e. The maximum absolute atomic E-state index is 9.10. The molecule has 78 valence electrons. The number of likely N-dealkylation sites (tertiary alicyclic amines) is 1. The highest BCUT2D eigenvalue weighted by Gasteiger charge is 2.49. The Kier molecular flexibility index (Phi) is 2.43. The van der Waals surface area contributed by atoms with Gasteiger partial charge in [0.2, 0.25) is 0 Å². The van der Waals surface area contributed by atoms with E-state index >= 15 is 0 Å². The third-order valence-corrected chi connectivity index (χ3v) is 4.17. The van der Waals surface area contributed by atoms with Crippen molar-refractivity contribution in [2.24, 2.45) is 11.3 Å². The van der Waals surface area contributed by atoms with Gasteiger partial charge in [0.15, 0.2) is 6.19 Å². The molecule has 0 bridgehead atoms. The normalized spacial score (nSPS) is 30.1. The van der Waals surface area contributed by atoms with Crippen LogP contribution in [0.2, 0.25) is 0 Å². The van der Waals surface area contributed by atoms with Crippen LogP contribution in [0, 0.1) is 22.8 Å². The van der Waals surface area contributed by atoms with E-state index in [0.29, 0.717) is 17.4 Å². The van der Waals surface area contributed by atoms with Crippen LogP contribution in [-0.4, -0.2) is 17.5 Å². The topological polar surface area (TPSA) is 27.0 Å². The van der Waals surface area contributed by atoms with E-state index in [2.05, 4.69) is 20.0 Å². The van der Waals surface area contributed by atoms with Gasteiger partial charge in [0.25, 0.3) is 0 Å². The van der Waals surface area contributed by atoms with Gasteiger partial charge < -0.3 is 4.90 Å². The van der Waals surface area contributed by atoms with Gasteiger partial charge >= 0.3 is 0 Å². The summed E-state index contributed by atoms with van der Waals surface area (Å²) in [6, 6.07) is 0.523. The molecule has 0 aromatic rings. The average molecular weight is 192 g/mol. The fourth-order valence-electron chi connectivity index (χ4n) is 3.76. The Labute approximate surface area is 86.9 Å². The SMILES string of the molecule is CC(C)C1N(C#N)CCC12CCCC2. The quantitative estimate of drug-likeness (QED) is 0.597. The van der Waals surface area contributed by atoms with E-state index in [0.717, 1.165) is 6.54 Å². The summed E-state index contributed by atoms with van der Waals surface area (Å²) in [6.07, 6.45) is 9.10. The third-order valence-electron chi connectivity index (χ3n) is 4.17. The first-order chi connectivity index (χ1) is 6.69. The van der Waals surface area contributed by atoms with E-state index in [1.54, 1.807) is 0 Å². The summed E-state index contributed by atoms with van der Waals surface area (Å²) in [5.41, 5.74) is 0.504. The fourth-order valence-corrected chi connectivity index (χ4v) is 3.76. The van der Waals surface area contributed by atoms with Gasteiger partial charge in [0, 0.05) is 12.6 Å². The Morgan fingerprint density at radius 2 is 1.93 bits per heavy atom. The second-order valence-electron chi connectivity index (χ2n) is 5.30. The molecule has 1 saturated carbocycles. The predicted molar refractivity (Wildman–Crippen MR) is 56.5 cm³/mol. The minimum absolute atomic E-state index is 0.504. The molecule has 1 aliphatic carbocycles. The van der Waals surface area contributed by atoms with Gasteiger partial charge in [0.05, 0.1) is 0 Å². The lowest BCUT2D eigenvalue weighted by molar-refractivity contribution is 0.151. The van der Waals surface area contributed by atoms with E-state index in [4.69, 9.17) is 5.26 Å². The zero-order valence-corrected chi connectivity index (χ0v) is 9.29. The van der Waals surface area contributed by atoms with Crippen LogP contribution in [0.25, 0.3) is 0 Å². The van der Waals surface area contributed by atoms with Crippen LogP contribution in [0.1, 0.15) is 46.0 Å². The highest BCUT2D eigenvalue weighted by molar-refractivity contribution is 5.05. The first kappa shape index (κ1) is 9.83. The molecule has 0 aromatic heterocycles. The van der Waals surface area contributed by atoms with Crippen LogP contribution in [0.3, 0.4) is 0 Å². The highest BCUT2D eigenvalue weighted by atomic mass is 15.2. The molecule has 2 fully saturated rings. The minimum Gasteiger partial charge on any atom is -0.307 e. The molecular weight excluding hydrogens is 172 g/mol. The summed E-state index contributed by atoms with van der Waals surface area (Å²) in [5, 5.41) is 9.10. The predicted octanol–water partition coefficient (Wildman–Crippen LogP) is 2.76. The summed E-state index contributed by atoms with van der Waals surface area (Å²) in [6.45, 7) is 5.53. The van der Waals surface area contributed by atoms with E-state index < -0.39 is 0 Å². The number of hydrogen-bond acceptors (Lipinski definition) is 2. The van der Waals surface area contributed by atoms with Crippen LogP contribution < -0.4 is 0 Å². The molecule has 1 atom stereocenters. The van der Waals surface area contributed by atoms with Crippen LogP contribution in [0.15, 0.2) is 0 Å². The molecule has 2 aliphatic rings. The first-order valence-electron chi connectivity index (χ1n) is 5.86. The fraction of sp³-hybridized carbons (Fsp3) is 0.917. The van der Waals surface area contributed by atoms with Crippen molar-refractivity contribution in [1.29, 1.82) is 5.26 Å². The third kappa shape index (κ3) is 1.30. The molecule has 0 radical (unpaired) electrons. The highest BCUT2D eigenvalue weighted by Crippen LogP contribution is 2.51. The summed E-state index contributed by atoms with van der Waals surface area (Å²) >= 11 is 0. The Hall–Kier alpha value is -0.710. The summed E-state index contributed by atoms with van der Waals surface area (Å²) in [4.78, 5) is 2.04. The average Bonchev–Trinajstić information content (AvgIpc) is 2.74. The zero-order valence-electron chi connectivity index (χ0n) is 9.29. The van der Waals surface area contributed by atoms with E-state index in [1.165, 1.54) is 32.1 Å². The molecule has 0 aromatic carbocycles. The smallest absolute Gasteiger partial charge is 0.179 e. The number of nitrogens with zero attached hydrogens (tertiary/aromatic N) is 2. The summed E-state index contributed by atoms with van der Waals surface area (Å²) in [7, 11) is 0. The molecule has 1 aliphatic heterocycles. The van der Waals surface area contributed by atoms with Gasteiger partial charge in [-0.2, -0.15) is 5.26 Å². The van der Waals surface area contributed by atoms with Crippen molar-refractivity contribution in [2.45, 2.75) is 52.0 Å². The van der Waals surface area contributed by atoms with Crippen molar-refractivity contribution in [2.75, 3.05) is 6.54 Å². The van der Waals surface area contributed by atoms with Gasteiger partial charge in [-0.15, -0.1) is 0 Å². The van der Waals surface area contributed by atoms with E-state index in [-0.39, 0.29) is 0 Å². The van der Waals surface area contributed by atoms with Gasteiger partial charge in [0.1, 0.15) is 0 Å². The van der Waals surface area contributed by atoms with Gasteiger partial charge in [-0.05, 0) is 30.6 Å². The number of nitriles is 1. The molecule has 2 heteroatoms. The molecule has 0 amide bonds. The monoisotopic (exact) mass is 192 g/mol. The van der Waals surface area contributed by atoms with Crippen molar-refractivity contribution in [1.82, 2.24) is 4.90 Å². The molecule has 1 unspecified atom stereocenters. The van der Waals surface area contributed by atoms with Crippen molar-refractivity contribution in [3.63, 3.8) is 0 Å². The first-order valence-corrected chi connectivity index (χ1v) is 5.86. The molecule has 1 saturated heterocycles. The second-order valence-corrected chi connectivity index (χ2v) is 5.30. The van der Waals surface area contributed by atoms with E-state index in [9.17, 15) is 0 Å². The summed E-state index contributed by atoms with van der Waals surface area (Å²) < 4.78 is 0. The Morgan fingerprint density at radius 3 is 2.43 bits per heavy atom.